The molecule has 0 saturated carbocycles. The number of aromatic amines is 1. The number of nitrogens with one attached hydrogen (secondary N) is 1. The lowest BCUT2D eigenvalue weighted by Gasteiger charge is -2.30. The van der Waals surface area contributed by atoms with E-state index < -0.39 is 0 Å². The Morgan fingerprint density at radius 3 is 2.56 bits per heavy atom. The van der Waals surface area contributed by atoms with Crippen LogP contribution in [0, 0.1) is 0 Å². The lowest BCUT2D eigenvalue weighted by Crippen LogP contribution is -2.36. The first-order valence-corrected chi connectivity index (χ1v) is 12.3. The maximum atomic E-state index is 13.5. The molecule has 34 heavy (non-hydrogen) atoms. The second kappa shape index (κ2) is 9.34. The molecule has 0 spiro atoms. The smallest absolute Gasteiger partial charge is 0.253 e. The summed E-state index contributed by atoms with van der Waals surface area (Å²) in [5.41, 5.74) is 1.24. The molecule has 0 bridgehead atoms. The molecule has 6 rings (SSSR count). The van der Waals surface area contributed by atoms with E-state index in [1.54, 1.807) is 0 Å². The third-order valence-corrected chi connectivity index (χ3v) is 7.04. The van der Waals surface area contributed by atoms with Crippen molar-refractivity contribution >= 4 is 10.9 Å². The molecule has 1 aromatic carbocycles. The second-order valence-corrected chi connectivity index (χ2v) is 9.34. The van der Waals surface area contributed by atoms with Crippen LogP contribution in [0.25, 0.3) is 10.9 Å². The van der Waals surface area contributed by atoms with E-state index >= 15 is 0 Å². The molecular weight excluding hydrogens is 436 g/mol. The predicted molar refractivity (Wildman–Crippen MR) is 124 cm³/mol. The van der Waals surface area contributed by atoms with Crippen LogP contribution in [0.2, 0.25) is 0 Å². The third kappa shape index (κ3) is 4.16. The minimum absolute atomic E-state index is 0.102. The fourth-order valence-electron chi connectivity index (χ4n) is 5.33. The summed E-state index contributed by atoms with van der Waals surface area (Å²) >= 11 is 0. The van der Waals surface area contributed by atoms with Crippen molar-refractivity contribution in [3.8, 4) is 11.5 Å². The highest BCUT2D eigenvalue weighted by molar-refractivity contribution is 5.83. The molecule has 0 amide bonds. The minimum atomic E-state index is -0.337. The molecule has 2 atom stereocenters. The highest BCUT2D eigenvalue weighted by Crippen LogP contribution is 2.35. The van der Waals surface area contributed by atoms with E-state index in [0.717, 1.165) is 56.3 Å². The van der Waals surface area contributed by atoms with Crippen LogP contribution in [-0.4, -0.2) is 69.1 Å². The van der Waals surface area contributed by atoms with Gasteiger partial charge >= 0.3 is 0 Å². The molecule has 0 aliphatic carbocycles. The summed E-state index contributed by atoms with van der Waals surface area (Å²) in [7, 11) is 0. The number of aromatic nitrogens is 5. The van der Waals surface area contributed by atoms with Crippen molar-refractivity contribution in [3.05, 3.63) is 39.9 Å². The molecule has 5 heterocycles. The molecule has 10 heteroatoms. The van der Waals surface area contributed by atoms with Crippen molar-refractivity contribution in [2.75, 3.05) is 32.9 Å². The summed E-state index contributed by atoms with van der Waals surface area (Å²) in [5.74, 6) is 2.05. The van der Waals surface area contributed by atoms with E-state index in [1.807, 2.05) is 22.9 Å². The van der Waals surface area contributed by atoms with Crippen LogP contribution in [0.3, 0.4) is 0 Å². The Morgan fingerprint density at radius 1 is 1.00 bits per heavy atom. The molecule has 3 aromatic rings. The zero-order chi connectivity index (χ0) is 22.9. The number of fused-ring (bicyclic) bond motifs is 2. The number of rotatable bonds is 5. The Bertz CT molecular complexity index is 1210. The number of ether oxygens (including phenoxy) is 3. The van der Waals surface area contributed by atoms with E-state index in [2.05, 4.69) is 25.4 Å². The van der Waals surface area contributed by atoms with Gasteiger partial charge in [0.05, 0.1) is 18.2 Å². The van der Waals surface area contributed by atoms with Gasteiger partial charge < -0.3 is 19.2 Å². The fourth-order valence-corrected chi connectivity index (χ4v) is 5.33. The standard InChI is InChI=1S/C24H30N6O4/c31-24-18(12-16-13-20-21(14-19(16)25-24)34-11-10-33-20)22(29-7-3-1-2-4-8-29)23-26-27-28-30(23)15-17-6-5-9-32-17/h12-14,17,22H,1-11,15H2,(H,25,31)/t17-,22-/m0/s1. The summed E-state index contributed by atoms with van der Waals surface area (Å²) in [5, 5.41) is 13.6. The van der Waals surface area contributed by atoms with Gasteiger partial charge in [0.15, 0.2) is 17.3 Å². The largest absolute Gasteiger partial charge is 0.486 e. The third-order valence-electron chi connectivity index (χ3n) is 7.04. The van der Waals surface area contributed by atoms with E-state index in [4.69, 9.17) is 14.2 Å². The SMILES string of the molecule is O=c1[nH]c2cc3c(cc2cc1[C@@H](c1nnnn1C[C@@H]1CCCO1)N1CCCCCC1)OCCO3. The van der Waals surface area contributed by atoms with Gasteiger partial charge in [-0.15, -0.1) is 5.10 Å². The normalized spacial score (nSPS) is 22.1. The maximum Gasteiger partial charge on any atom is 0.253 e. The Balaban J connectivity index is 1.44. The zero-order valence-electron chi connectivity index (χ0n) is 19.2. The number of benzene rings is 1. The lowest BCUT2D eigenvalue weighted by atomic mass is 10.0. The first-order chi connectivity index (χ1) is 16.8. The molecule has 2 saturated heterocycles. The number of pyridine rings is 1. The van der Waals surface area contributed by atoms with Crippen molar-refractivity contribution in [2.24, 2.45) is 0 Å². The Morgan fingerprint density at radius 2 is 1.79 bits per heavy atom. The summed E-state index contributed by atoms with van der Waals surface area (Å²) in [6, 6.07) is 5.42. The maximum absolute atomic E-state index is 13.5. The van der Waals surface area contributed by atoms with E-state index in [1.165, 1.54) is 12.8 Å². The first-order valence-electron chi connectivity index (χ1n) is 12.3. The molecule has 3 aliphatic rings. The predicted octanol–water partition coefficient (Wildman–Crippen LogP) is 2.43. The van der Waals surface area contributed by atoms with Crippen LogP contribution in [0.5, 0.6) is 11.5 Å². The molecule has 10 nitrogen and oxygen atoms in total. The van der Waals surface area contributed by atoms with Gasteiger partial charge in [0.25, 0.3) is 5.56 Å². The van der Waals surface area contributed by atoms with Gasteiger partial charge in [-0.25, -0.2) is 4.68 Å². The van der Waals surface area contributed by atoms with Gasteiger partial charge in [0.1, 0.15) is 19.3 Å². The highest BCUT2D eigenvalue weighted by atomic mass is 16.6. The number of hydrogen-bond acceptors (Lipinski definition) is 8. The monoisotopic (exact) mass is 466 g/mol. The Kier molecular flexibility index (Phi) is 5.92. The van der Waals surface area contributed by atoms with Gasteiger partial charge in [-0.2, -0.15) is 0 Å². The van der Waals surface area contributed by atoms with Gasteiger partial charge in [-0.3, -0.25) is 9.69 Å². The van der Waals surface area contributed by atoms with Gasteiger partial charge in [0.2, 0.25) is 0 Å². The molecule has 3 aliphatic heterocycles. The van der Waals surface area contributed by atoms with Crippen molar-refractivity contribution < 1.29 is 14.2 Å². The second-order valence-electron chi connectivity index (χ2n) is 9.34. The molecule has 180 valence electrons. The molecular formula is C24H30N6O4. The molecule has 2 aromatic heterocycles. The summed E-state index contributed by atoms with van der Waals surface area (Å²) in [6.07, 6.45) is 6.73. The average molecular weight is 467 g/mol. The Hall–Kier alpha value is -2.98. The topological polar surface area (TPSA) is 107 Å². The van der Waals surface area contributed by atoms with Crippen molar-refractivity contribution in [3.63, 3.8) is 0 Å². The fraction of sp³-hybridized carbons (Fsp3) is 0.583. The van der Waals surface area contributed by atoms with Crippen molar-refractivity contribution in [1.82, 2.24) is 30.1 Å². The van der Waals surface area contributed by atoms with Gasteiger partial charge in [0, 0.05) is 23.6 Å². The van der Waals surface area contributed by atoms with Crippen LogP contribution in [-0.2, 0) is 11.3 Å². The minimum Gasteiger partial charge on any atom is -0.486 e. The average Bonchev–Trinajstić information content (AvgIpc) is 3.45. The highest BCUT2D eigenvalue weighted by Gasteiger charge is 2.32. The molecule has 2 fully saturated rings. The summed E-state index contributed by atoms with van der Waals surface area (Å²) < 4.78 is 19.2. The van der Waals surface area contributed by atoms with Crippen LogP contribution in [0.1, 0.15) is 56.0 Å². The van der Waals surface area contributed by atoms with Gasteiger partial charge in [-0.1, -0.05) is 12.8 Å². The van der Waals surface area contributed by atoms with Crippen molar-refractivity contribution in [2.45, 2.75) is 57.2 Å². The van der Waals surface area contributed by atoms with Crippen LogP contribution in [0.4, 0.5) is 0 Å². The van der Waals surface area contributed by atoms with E-state index in [9.17, 15) is 4.79 Å². The number of hydrogen-bond donors (Lipinski definition) is 1. The van der Waals surface area contributed by atoms with E-state index in [0.29, 0.717) is 42.6 Å². The number of nitrogens with zero attached hydrogens (tertiary/aromatic N) is 5. The number of tetrazole rings is 1. The van der Waals surface area contributed by atoms with Crippen LogP contribution in [0.15, 0.2) is 23.0 Å². The molecule has 0 radical (unpaired) electrons. The van der Waals surface area contributed by atoms with E-state index in [-0.39, 0.29) is 17.7 Å². The Labute approximate surface area is 197 Å². The van der Waals surface area contributed by atoms with Crippen LogP contribution < -0.4 is 15.0 Å². The summed E-state index contributed by atoms with van der Waals surface area (Å²) in [6.45, 7) is 4.19. The van der Waals surface area contributed by atoms with Gasteiger partial charge in [-0.05, 0) is 61.3 Å². The first kappa shape index (κ1) is 21.5. The quantitative estimate of drug-likeness (QED) is 0.611. The van der Waals surface area contributed by atoms with Crippen LogP contribution >= 0.6 is 0 Å². The number of H-pyrrole nitrogens is 1. The lowest BCUT2D eigenvalue weighted by molar-refractivity contribution is 0.0909. The summed E-state index contributed by atoms with van der Waals surface area (Å²) in [4.78, 5) is 18.9. The van der Waals surface area contributed by atoms with Crippen molar-refractivity contribution in [1.29, 1.82) is 0 Å². The molecule has 1 N–H and O–H groups in total. The number of likely N-dealkylation sites (tertiary alicyclic amines) is 1. The molecule has 0 unspecified atom stereocenters. The zero-order valence-corrected chi connectivity index (χ0v) is 19.2.